The van der Waals surface area contributed by atoms with E-state index >= 15 is 4.39 Å². The molecule has 4 heterocycles. The summed E-state index contributed by atoms with van der Waals surface area (Å²) in [6.07, 6.45) is -2.72. The molecule has 3 saturated heterocycles. The van der Waals surface area contributed by atoms with Crippen molar-refractivity contribution in [1.29, 1.82) is 5.26 Å². The maximum Gasteiger partial charge on any atom is 0.417 e. The fourth-order valence-electron chi connectivity index (χ4n) is 7.45. The minimum Gasteiger partial charge on any atom is -0.489 e. The van der Waals surface area contributed by atoms with Gasteiger partial charge >= 0.3 is 6.18 Å². The molecule has 0 bridgehead atoms. The number of alkyl halides is 3. The van der Waals surface area contributed by atoms with Crippen LogP contribution in [0, 0.1) is 17.1 Å². The van der Waals surface area contributed by atoms with Crippen molar-refractivity contribution >= 4 is 69.0 Å². The second kappa shape index (κ2) is 15.8. The summed E-state index contributed by atoms with van der Waals surface area (Å²) in [4.78, 5) is 57.0. The SMILES string of the molecule is CC1(C)C(=O)N(c2ccc(C#N)c(C(F)(F)F)c2)C(=S)N1c1ccc(OCCN2CCN(CC(=O)Nc3ccc4occ(C5CCC(=O)NC5=O)c4c3)CC2)c(F)c1. The molecule has 1 unspecified atom stereocenters. The number of thiocarbonyl (C=S) groups is 1. The largest absolute Gasteiger partial charge is 0.489 e. The summed E-state index contributed by atoms with van der Waals surface area (Å²) in [5.74, 6) is -2.80. The predicted molar refractivity (Wildman–Crippen MR) is 208 cm³/mol. The van der Waals surface area contributed by atoms with Crippen LogP contribution in [0.2, 0.25) is 0 Å². The summed E-state index contributed by atoms with van der Waals surface area (Å²) in [6, 6.07) is 13.7. The zero-order valence-electron chi connectivity index (χ0n) is 31.3. The number of piperidine rings is 1. The fraction of sp³-hybridized carbons (Fsp3) is 0.350. The van der Waals surface area contributed by atoms with E-state index in [1.54, 1.807) is 18.2 Å². The topological polar surface area (TPSA) is 151 Å². The number of hydrogen-bond donors (Lipinski definition) is 2. The number of rotatable bonds is 10. The maximum absolute atomic E-state index is 15.4. The second-order valence-corrected chi connectivity index (χ2v) is 15.1. The fourth-order valence-corrected chi connectivity index (χ4v) is 7.97. The van der Waals surface area contributed by atoms with Gasteiger partial charge in [-0.3, -0.25) is 39.2 Å². The number of amides is 4. The number of nitrogens with one attached hydrogen (secondary N) is 2. The summed E-state index contributed by atoms with van der Waals surface area (Å²) in [5, 5.41) is 15.0. The van der Waals surface area contributed by atoms with Crippen molar-refractivity contribution in [3.8, 4) is 11.8 Å². The molecule has 13 nitrogen and oxygen atoms in total. The van der Waals surface area contributed by atoms with Crippen LogP contribution in [0.25, 0.3) is 11.0 Å². The number of anilines is 3. The monoisotopic (exact) mass is 819 g/mol. The first-order chi connectivity index (χ1) is 27.5. The molecule has 1 aromatic heterocycles. The Morgan fingerprint density at radius 1 is 1.03 bits per heavy atom. The lowest BCUT2D eigenvalue weighted by molar-refractivity contribution is -0.138. The molecule has 3 aliphatic rings. The minimum absolute atomic E-state index is 0.0371. The van der Waals surface area contributed by atoms with Crippen molar-refractivity contribution in [2.75, 3.05) is 61.0 Å². The molecule has 302 valence electrons. The summed E-state index contributed by atoms with van der Waals surface area (Å²) in [7, 11) is 0. The molecule has 0 aliphatic carbocycles. The van der Waals surface area contributed by atoms with E-state index in [1.165, 1.54) is 49.3 Å². The van der Waals surface area contributed by atoms with Crippen LogP contribution in [0.4, 0.5) is 34.6 Å². The van der Waals surface area contributed by atoms with Gasteiger partial charge in [-0.2, -0.15) is 18.4 Å². The highest BCUT2D eigenvalue weighted by atomic mass is 32.1. The van der Waals surface area contributed by atoms with Gasteiger partial charge in [-0.05, 0) is 81.0 Å². The van der Waals surface area contributed by atoms with Crippen LogP contribution in [-0.4, -0.2) is 90.0 Å². The standard InChI is InChI=1S/C40H37F4N7O6S/c1-39(2)37(55)50(25-5-3-23(20-45)30(18-25)40(42,43)44)38(58)51(39)26-6-9-33(31(41)19-26)56-16-15-48-11-13-49(14-12-48)21-35(53)46-24-4-8-32-28(17-24)29(22-57-32)27-7-10-34(52)47-36(27)54/h3-6,8-9,17-19,22,27H,7,10-16,21H2,1-2H3,(H,46,53)(H,47,52,54). The van der Waals surface area contributed by atoms with Crippen molar-refractivity contribution < 1.29 is 45.9 Å². The van der Waals surface area contributed by atoms with Gasteiger partial charge in [0.05, 0.1) is 41.6 Å². The van der Waals surface area contributed by atoms with E-state index in [0.29, 0.717) is 67.4 Å². The average Bonchev–Trinajstić information content (AvgIpc) is 3.66. The molecular weight excluding hydrogens is 783 g/mol. The number of piperazine rings is 1. The highest BCUT2D eigenvalue weighted by Crippen LogP contribution is 2.40. The van der Waals surface area contributed by atoms with E-state index in [-0.39, 0.29) is 59.5 Å². The summed E-state index contributed by atoms with van der Waals surface area (Å²) in [5.41, 5.74) is -1.40. The Labute approximate surface area is 335 Å². The van der Waals surface area contributed by atoms with Crippen molar-refractivity contribution in [2.24, 2.45) is 0 Å². The predicted octanol–water partition coefficient (Wildman–Crippen LogP) is 5.53. The van der Waals surface area contributed by atoms with Gasteiger partial charge in [-0.25, -0.2) is 4.39 Å². The van der Waals surface area contributed by atoms with E-state index in [2.05, 4.69) is 15.5 Å². The molecule has 0 spiro atoms. The first kappa shape index (κ1) is 40.3. The zero-order valence-corrected chi connectivity index (χ0v) is 32.1. The number of carbonyl (C=O) groups excluding carboxylic acids is 4. The Bertz CT molecular complexity index is 2370. The molecule has 7 rings (SSSR count). The lowest BCUT2D eigenvalue weighted by Crippen LogP contribution is -2.49. The van der Waals surface area contributed by atoms with Crippen LogP contribution in [0.15, 0.2) is 65.3 Å². The highest BCUT2D eigenvalue weighted by Gasteiger charge is 2.51. The smallest absolute Gasteiger partial charge is 0.417 e. The highest BCUT2D eigenvalue weighted by molar-refractivity contribution is 7.81. The Morgan fingerprint density at radius 2 is 1.76 bits per heavy atom. The summed E-state index contributed by atoms with van der Waals surface area (Å²) < 4.78 is 67.9. The van der Waals surface area contributed by atoms with E-state index in [9.17, 15) is 37.6 Å². The van der Waals surface area contributed by atoms with Crippen molar-refractivity contribution in [1.82, 2.24) is 15.1 Å². The Balaban J connectivity index is 0.899. The van der Waals surface area contributed by atoms with Gasteiger partial charge in [0.25, 0.3) is 5.91 Å². The van der Waals surface area contributed by atoms with Crippen LogP contribution in [-0.2, 0) is 25.4 Å². The molecular formula is C40H37F4N7O6S. The first-order valence-corrected chi connectivity index (χ1v) is 18.8. The van der Waals surface area contributed by atoms with Crippen LogP contribution in [0.3, 0.4) is 0 Å². The quantitative estimate of drug-likeness (QED) is 0.118. The van der Waals surface area contributed by atoms with Crippen LogP contribution >= 0.6 is 12.2 Å². The van der Waals surface area contributed by atoms with Crippen molar-refractivity contribution in [3.05, 3.63) is 83.4 Å². The Kier molecular flexibility index (Phi) is 11.0. The minimum atomic E-state index is -4.85. The number of nitrogens with zero attached hydrogens (tertiary/aromatic N) is 5. The lowest BCUT2D eigenvalue weighted by atomic mass is 9.90. The number of hydrogen-bond acceptors (Lipinski definition) is 10. The van der Waals surface area contributed by atoms with Gasteiger partial charge in [-0.15, -0.1) is 0 Å². The molecule has 2 N–H and O–H groups in total. The van der Waals surface area contributed by atoms with Crippen LogP contribution in [0.1, 0.15) is 49.3 Å². The number of halogens is 4. The second-order valence-electron chi connectivity index (χ2n) is 14.7. The number of ether oxygens (including phenoxy) is 1. The van der Waals surface area contributed by atoms with E-state index in [1.807, 2.05) is 4.90 Å². The Morgan fingerprint density at radius 3 is 2.45 bits per heavy atom. The van der Waals surface area contributed by atoms with Gasteiger partial charge in [0.15, 0.2) is 16.7 Å². The molecule has 3 fully saturated rings. The Hall–Kier alpha value is -5.90. The number of benzene rings is 3. The molecule has 3 aromatic carbocycles. The molecule has 4 aromatic rings. The van der Waals surface area contributed by atoms with E-state index in [0.717, 1.165) is 17.0 Å². The molecule has 0 saturated carbocycles. The average molecular weight is 820 g/mol. The number of imide groups is 1. The zero-order chi connectivity index (χ0) is 41.5. The maximum atomic E-state index is 15.4. The van der Waals surface area contributed by atoms with Gasteiger partial charge in [0, 0.05) is 67.5 Å². The molecule has 3 aliphatic heterocycles. The van der Waals surface area contributed by atoms with Gasteiger partial charge in [0.2, 0.25) is 17.7 Å². The molecule has 58 heavy (non-hydrogen) atoms. The third-order valence-corrected chi connectivity index (χ3v) is 10.9. The van der Waals surface area contributed by atoms with Crippen LogP contribution in [0.5, 0.6) is 5.75 Å². The van der Waals surface area contributed by atoms with Crippen molar-refractivity contribution in [2.45, 2.75) is 44.3 Å². The van der Waals surface area contributed by atoms with E-state index < -0.39 is 40.5 Å². The molecule has 4 amide bonds. The van der Waals surface area contributed by atoms with Crippen molar-refractivity contribution in [3.63, 3.8) is 0 Å². The number of carbonyl (C=O) groups is 4. The van der Waals surface area contributed by atoms with Gasteiger partial charge in [0.1, 0.15) is 17.7 Å². The molecule has 1 atom stereocenters. The lowest BCUT2D eigenvalue weighted by Gasteiger charge is -2.34. The number of furan rings is 1. The molecule has 18 heteroatoms. The summed E-state index contributed by atoms with van der Waals surface area (Å²) in [6.45, 7) is 6.35. The normalized spacial score (nSPS) is 19.1. The van der Waals surface area contributed by atoms with Crippen LogP contribution < -0.4 is 25.2 Å². The molecule has 0 radical (unpaired) electrons. The summed E-state index contributed by atoms with van der Waals surface area (Å²) >= 11 is 5.55. The number of nitriles is 1. The third kappa shape index (κ3) is 7.97. The number of fused-ring (bicyclic) bond motifs is 1. The van der Waals surface area contributed by atoms with Gasteiger partial charge in [-0.1, -0.05) is 0 Å². The third-order valence-electron chi connectivity index (χ3n) is 10.5. The van der Waals surface area contributed by atoms with E-state index in [4.69, 9.17) is 21.4 Å². The van der Waals surface area contributed by atoms with Gasteiger partial charge < -0.3 is 19.4 Å². The first-order valence-electron chi connectivity index (χ1n) is 18.4.